The van der Waals surface area contributed by atoms with E-state index in [1.54, 1.807) is 6.92 Å². The second-order valence-electron chi connectivity index (χ2n) is 6.24. The summed E-state index contributed by atoms with van der Waals surface area (Å²) in [6, 6.07) is 9.13. The Kier molecular flexibility index (Phi) is 5.99. The first-order chi connectivity index (χ1) is 11.3. The van der Waals surface area contributed by atoms with E-state index in [4.69, 9.17) is 5.11 Å². The van der Waals surface area contributed by atoms with Gasteiger partial charge in [-0.15, -0.1) is 0 Å². The predicted octanol–water partition coefficient (Wildman–Crippen LogP) is 1.36. The van der Waals surface area contributed by atoms with Crippen LogP contribution in [0.4, 0.5) is 0 Å². The average Bonchev–Trinajstić information content (AvgIpc) is 2.89. The molecule has 0 radical (unpaired) electrons. The Labute approximate surface area is 142 Å². The van der Waals surface area contributed by atoms with Gasteiger partial charge in [0.2, 0.25) is 5.91 Å². The molecule has 1 aromatic rings. The molecule has 1 heterocycles. The Balaban J connectivity index is 1.85. The number of amides is 1. The molecule has 1 amide bonds. The number of carboxylic acids is 1. The molecule has 0 saturated carbocycles. The zero-order chi connectivity index (χ0) is 17.7. The lowest BCUT2D eigenvalue weighted by molar-refractivity contribution is -0.142. The first-order valence-electron chi connectivity index (χ1n) is 8.07. The van der Waals surface area contributed by atoms with Crippen molar-refractivity contribution in [3.63, 3.8) is 0 Å². The maximum absolute atomic E-state index is 12.2. The monoisotopic (exact) mass is 353 g/mol. The largest absolute Gasteiger partial charge is 0.481 e. The van der Waals surface area contributed by atoms with Crippen molar-refractivity contribution in [2.75, 3.05) is 18.1 Å². The van der Waals surface area contributed by atoms with Crippen molar-refractivity contribution in [3.05, 3.63) is 35.9 Å². The molecule has 24 heavy (non-hydrogen) atoms. The minimum atomic E-state index is -3.49. The summed E-state index contributed by atoms with van der Waals surface area (Å²) in [6.45, 7) is 1.96. The van der Waals surface area contributed by atoms with E-state index in [1.807, 2.05) is 30.3 Å². The molecule has 1 aliphatic heterocycles. The van der Waals surface area contributed by atoms with Crippen molar-refractivity contribution in [3.8, 4) is 0 Å². The average molecular weight is 353 g/mol. The van der Waals surface area contributed by atoms with E-state index in [0.717, 1.165) is 5.56 Å². The molecule has 0 bridgehead atoms. The summed E-state index contributed by atoms with van der Waals surface area (Å²) in [5.74, 6) is -2.64. The van der Waals surface area contributed by atoms with E-state index < -0.39 is 39.4 Å². The summed E-state index contributed by atoms with van der Waals surface area (Å²) in [5.41, 5.74) is 1.07. The lowest BCUT2D eigenvalue weighted by Gasteiger charge is -2.23. The molecule has 0 aliphatic carbocycles. The van der Waals surface area contributed by atoms with Crippen LogP contribution < -0.4 is 0 Å². The number of hydrogen-bond donors (Lipinski definition) is 1. The number of nitrogens with zero attached hydrogens (tertiary/aromatic N) is 1. The van der Waals surface area contributed by atoms with Gasteiger partial charge in [0.25, 0.3) is 0 Å². The van der Waals surface area contributed by atoms with Gasteiger partial charge in [-0.05, 0) is 31.7 Å². The number of aliphatic carboxylic acids is 1. The fourth-order valence-electron chi connectivity index (χ4n) is 3.11. The number of aryl methyl sites for hydroxylation is 1. The number of sulfone groups is 1. The van der Waals surface area contributed by atoms with Gasteiger partial charge in [-0.2, -0.15) is 0 Å². The maximum atomic E-state index is 12.2. The Morgan fingerprint density at radius 2 is 1.92 bits per heavy atom. The molecule has 2 rings (SSSR count). The van der Waals surface area contributed by atoms with Gasteiger partial charge in [-0.1, -0.05) is 30.3 Å². The zero-order valence-electron chi connectivity index (χ0n) is 13.7. The Morgan fingerprint density at radius 1 is 1.25 bits per heavy atom. The third-order valence-corrected chi connectivity index (χ3v) is 6.10. The van der Waals surface area contributed by atoms with Crippen LogP contribution in [0.5, 0.6) is 0 Å². The molecule has 1 saturated heterocycles. The van der Waals surface area contributed by atoms with Crippen LogP contribution in [0.15, 0.2) is 30.3 Å². The Bertz CT molecular complexity index is 686. The molecule has 1 aromatic carbocycles. The second kappa shape index (κ2) is 7.79. The highest BCUT2D eigenvalue weighted by Gasteiger charge is 2.38. The zero-order valence-corrected chi connectivity index (χ0v) is 14.5. The third-order valence-electron chi connectivity index (χ3n) is 4.50. The SMILES string of the molecule is CC1C(C(=O)O)CCN1C(=O)CS(=O)(=O)CCCc1ccccc1. The fourth-order valence-corrected chi connectivity index (χ4v) is 4.38. The number of hydrogen-bond acceptors (Lipinski definition) is 4. The van der Waals surface area contributed by atoms with Crippen LogP contribution in [-0.4, -0.2) is 54.4 Å². The third kappa shape index (κ3) is 4.80. The van der Waals surface area contributed by atoms with Gasteiger partial charge in [0.1, 0.15) is 5.75 Å². The molecule has 2 atom stereocenters. The summed E-state index contributed by atoms with van der Waals surface area (Å²) in [7, 11) is -3.49. The summed E-state index contributed by atoms with van der Waals surface area (Å²) >= 11 is 0. The van der Waals surface area contributed by atoms with Crippen LogP contribution in [0.25, 0.3) is 0 Å². The van der Waals surface area contributed by atoms with Gasteiger partial charge in [-0.25, -0.2) is 8.42 Å². The molecule has 132 valence electrons. The maximum Gasteiger partial charge on any atom is 0.308 e. The van der Waals surface area contributed by atoms with Gasteiger partial charge < -0.3 is 10.0 Å². The quantitative estimate of drug-likeness (QED) is 0.799. The highest BCUT2D eigenvalue weighted by molar-refractivity contribution is 7.92. The molecule has 2 unspecified atom stereocenters. The summed E-state index contributed by atoms with van der Waals surface area (Å²) in [6.07, 6.45) is 1.48. The lowest BCUT2D eigenvalue weighted by atomic mass is 10.0. The molecule has 7 heteroatoms. The van der Waals surface area contributed by atoms with E-state index in [9.17, 15) is 18.0 Å². The van der Waals surface area contributed by atoms with Crippen molar-refractivity contribution in [1.29, 1.82) is 0 Å². The molecule has 0 aromatic heterocycles. The predicted molar refractivity (Wildman–Crippen MR) is 90.3 cm³/mol. The summed E-state index contributed by atoms with van der Waals surface area (Å²) < 4.78 is 24.3. The van der Waals surface area contributed by atoms with Crippen molar-refractivity contribution in [1.82, 2.24) is 4.90 Å². The lowest BCUT2D eigenvalue weighted by Crippen LogP contribution is -2.41. The first-order valence-corrected chi connectivity index (χ1v) is 9.89. The van der Waals surface area contributed by atoms with Gasteiger partial charge >= 0.3 is 5.97 Å². The molecule has 0 spiro atoms. The minimum absolute atomic E-state index is 0.0434. The van der Waals surface area contributed by atoms with Gasteiger partial charge in [0.05, 0.1) is 11.7 Å². The van der Waals surface area contributed by atoms with Crippen LogP contribution in [-0.2, 0) is 25.8 Å². The van der Waals surface area contributed by atoms with Crippen molar-refractivity contribution in [2.24, 2.45) is 5.92 Å². The Hall–Kier alpha value is -1.89. The van der Waals surface area contributed by atoms with Crippen molar-refractivity contribution >= 4 is 21.7 Å². The van der Waals surface area contributed by atoms with E-state index in [0.29, 0.717) is 25.8 Å². The standard InChI is InChI=1S/C17H23NO5S/c1-13-15(17(20)21)9-10-18(13)16(19)12-24(22,23)11-5-8-14-6-3-2-4-7-14/h2-4,6-7,13,15H,5,8-12H2,1H3,(H,20,21). The van der Waals surface area contributed by atoms with Crippen LogP contribution in [0, 0.1) is 5.92 Å². The fraction of sp³-hybridized carbons (Fsp3) is 0.529. The van der Waals surface area contributed by atoms with E-state index in [1.165, 1.54) is 4.90 Å². The van der Waals surface area contributed by atoms with E-state index >= 15 is 0 Å². The van der Waals surface area contributed by atoms with Crippen LogP contribution >= 0.6 is 0 Å². The molecule has 1 N–H and O–H groups in total. The first kappa shape index (κ1) is 18.4. The van der Waals surface area contributed by atoms with Crippen molar-refractivity contribution < 1.29 is 23.1 Å². The van der Waals surface area contributed by atoms with Gasteiger partial charge in [0, 0.05) is 12.6 Å². The van der Waals surface area contributed by atoms with Crippen LogP contribution in [0.1, 0.15) is 25.3 Å². The number of carboxylic acid groups (broad SMARTS) is 1. The van der Waals surface area contributed by atoms with E-state index in [-0.39, 0.29) is 5.75 Å². The molecular formula is C17H23NO5S. The highest BCUT2D eigenvalue weighted by atomic mass is 32.2. The molecule has 1 aliphatic rings. The normalized spacial score (nSPS) is 21.0. The second-order valence-corrected chi connectivity index (χ2v) is 8.43. The van der Waals surface area contributed by atoms with Crippen LogP contribution in [0.2, 0.25) is 0 Å². The number of benzene rings is 1. The smallest absolute Gasteiger partial charge is 0.308 e. The topological polar surface area (TPSA) is 91.8 Å². The van der Waals surface area contributed by atoms with Crippen molar-refractivity contribution in [2.45, 2.75) is 32.2 Å². The van der Waals surface area contributed by atoms with Crippen LogP contribution in [0.3, 0.4) is 0 Å². The van der Waals surface area contributed by atoms with Gasteiger partial charge in [-0.3, -0.25) is 9.59 Å². The van der Waals surface area contributed by atoms with Gasteiger partial charge in [0.15, 0.2) is 9.84 Å². The highest BCUT2D eigenvalue weighted by Crippen LogP contribution is 2.24. The summed E-state index contributed by atoms with van der Waals surface area (Å²) in [4.78, 5) is 24.7. The number of rotatable bonds is 7. The molecule has 6 nitrogen and oxygen atoms in total. The number of likely N-dealkylation sites (tertiary alicyclic amines) is 1. The minimum Gasteiger partial charge on any atom is -0.481 e. The van der Waals surface area contributed by atoms with E-state index in [2.05, 4.69) is 0 Å². The molecule has 1 fully saturated rings. The summed E-state index contributed by atoms with van der Waals surface area (Å²) in [5, 5.41) is 9.08. The molecular weight excluding hydrogens is 330 g/mol. The Morgan fingerprint density at radius 3 is 2.50 bits per heavy atom. The number of carbonyl (C=O) groups is 2. The number of carbonyl (C=O) groups excluding carboxylic acids is 1.